The van der Waals surface area contributed by atoms with E-state index in [0.717, 1.165) is 16.8 Å². The Kier molecular flexibility index (Phi) is 4.51. The number of benzene rings is 1. The Morgan fingerprint density at radius 1 is 1.40 bits per heavy atom. The molecule has 0 spiro atoms. The molecule has 0 aliphatic rings. The first-order valence-electron chi connectivity index (χ1n) is 5.80. The summed E-state index contributed by atoms with van der Waals surface area (Å²) in [5.41, 5.74) is 6.62. The Balaban J connectivity index is 2.24. The predicted octanol–water partition coefficient (Wildman–Crippen LogP) is 4.48. The van der Waals surface area contributed by atoms with Gasteiger partial charge in [-0.05, 0) is 24.6 Å². The number of alkyl halides is 3. The van der Waals surface area contributed by atoms with Gasteiger partial charge in [-0.25, -0.2) is 4.98 Å². The molecular formula is C13H12BrF3N2S. The normalized spacial score (nSPS) is 13.5. The van der Waals surface area contributed by atoms with E-state index in [4.69, 9.17) is 5.73 Å². The third-order valence-corrected chi connectivity index (χ3v) is 4.47. The molecule has 0 bridgehead atoms. The van der Waals surface area contributed by atoms with Crippen LogP contribution < -0.4 is 5.73 Å². The van der Waals surface area contributed by atoms with Crippen molar-refractivity contribution in [2.24, 2.45) is 5.73 Å². The van der Waals surface area contributed by atoms with E-state index < -0.39 is 17.8 Å². The lowest BCUT2D eigenvalue weighted by atomic mass is 10.0. The van der Waals surface area contributed by atoms with Crippen molar-refractivity contribution in [2.75, 3.05) is 0 Å². The van der Waals surface area contributed by atoms with Crippen LogP contribution in [0.5, 0.6) is 0 Å². The fraction of sp³-hybridized carbons (Fsp3) is 0.308. The highest BCUT2D eigenvalue weighted by Gasteiger charge is 2.33. The number of aromatic nitrogens is 1. The van der Waals surface area contributed by atoms with E-state index in [-0.39, 0.29) is 4.47 Å². The largest absolute Gasteiger partial charge is 0.417 e. The van der Waals surface area contributed by atoms with Gasteiger partial charge in [-0.3, -0.25) is 0 Å². The van der Waals surface area contributed by atoms with E-state index in [9.17, 15) is 13.2 Å². The van der Waals surface area contributed by atoms with Gasteiger partial charge in [0.1, 0.15) is 0 Å². The highest BCUT2D eigenvalue weighted by molar-refractivity contribution is 9.10. The quantitative estimate of drug-likeness (QED) is 0.872. The Morgan fingerprint density at radius 2 is 2.10 bits per heavy atom. The highest BCUT2D eigenvalue weighted by atomic mass is 79.9. The van der Waals surface area contributed by atoms with Gasteiger partial charge in [0.05, 0.1) is 10.6 Å². The van der Waals surface area contributed by atoms with Gasteiger partial charge < -0.3 is 5.73 Å². The second-order valence-corrected chi connectivity index (χ2v) is 6.23. The Labute approximate surface area is 127 Å². The van der Waals surface area contributed by atoms with Gasteiger partial charge in [0.2, 0.25) is 0 Å². The van der Waals surface area contributed by atoms with Crippen LogP contribution in [0, 0.1) is 6.92 Å². The maximum absolute atomic E-state index is 12.8. The van der Waals surface area contributed by atoms with E-state index in [1.165, 1.54) is 17.4 Å². The number of nitrogens with zero attached hydrogens (tertiary/aromatic N) is 1. The van der Waals surface area contributed by atoms with Gasteiger partial charge in [-0.2, -0.15) is 13.2 Å². The molecule has 1 atom stereocenters. The first-order chi connectivity index (χ1) is 9.27. The van der Waals surface area contributed by atoms with Crippen LogP contribution in [-0.2, 0) is 12.6 Å². The average Bonchev–Trinajstić information content (AvgIpc) is 2.73. The summed E-state index contributed by atoms with van der Waals surface area (Å²) in [4.78, 5) is 4.27. The van der Waals surface area contributed by atoms with Crippen LogP contribution in [0.4, 0.5) is 13.2 Å². The van der Waals surface area contributed by atoms with Crippen LogP contribution in [0.25, 0.3) is 0 Å². The number of hydrogen-bond acceptors (Lipinski definition) is 3. The van der Waals surface area contributed by atoms with Gasteiger partial charge in [0.25, 0.3) is 0 Å². The lowest BCUT2D eigenvalue weighted by Crippen LogP contribution is -2.15. The van der Waals surface area contributed by atoms with Crippen molar-refractivity contribution >= 4 is 27.3 Å². The third-order valence-electron chi connectivity index (χ3n) is 2.79. The Morgan fingerprint density at radius 3 is 2.65 bits per heavy atom. The third kappa shape index (κ3) is 3.59. The first kappa shape index (κ1) is 15.5. The molecule has 0 saturated carbocycles. The summed E-state index contributed by atoms with van der Waals surface area (Å²) in [7, 11) is 0. The van der Waals surface area contributed by atoms with Crippen LogP contribution in [0.15, 0.2) is 28.1 Å². The topological polar surface area (TPSA) is 38.9 Å². The minimum absolute atomic E-state index is 0.0195. The summed E-state index contributed by atoms with van der Waals surface area (Å²) in [6, 6.07) is 3.57. The van der Waals surface area contributed by atoms with Crippen LogP contribution in [0.1, 0.15) is 27.9 Å². The van der Waals surface area contributed by atoms with Gasteiger partial charge >= 0.3 is 6.18 Å². The van der Waals surface area contributed by atoms with Gasteiger partial charge in [-0.15, -0.1) is 11.3 Å². The Bertz CT molecular complexity index is 610. The number of rotatable bonds is 3. The minimum atomic E-state index is -4.40. The summed E-state index contributed by atoms with van der Waals surface area (Å²) in [6.07, 6.45) is -3.97. The van der Waals surface area contributed by atoms with Crippen molar-refractivity contribution in [1.29, 1.82) is 0 Å². The fourth-order valence-electron chi connectivity index (χ4n) is 1.79. The molecular weight excluding hydrogens is 353 g/mol. The number of thiazole rings is 1. The zero-order valence-corrected chi connectivity index (χ0v) is 12.9. The van der Waals surface area contributed by atoms with Gasteiger partial charge in [-0.1, -0.05) is 22.0 Å². The van der Waals surface area contributed by atoms with E-state index in [0.29, 0.717) is 12.0 Å². The number of hydrogen-bond donors (Lipinski definition) is 1. The van der Waals surface area contributed by atoms with E-state index in [1.54, 1.807) is 6.07 Å². The molecule has 0 fully saturated rings. The fourth-order valence-corrected chi connectivity index (χ4v) is 3.10. The van der Waals surface area contributed by atoms with Crippen molar-refractivity contribution < 1.29 is 13.2 Å². The van der Waals surface area contributed by atoms with Crippen LogP contribution in [0.2, 0.25) is 0 Å². The minimum Gasteiger partial charge on any atom is -0.324 e. The van der Waals surface area contributed by atoms with Crippen LogP contribution in [-0.4, -0.2) is 4.98 Å². The monoisotopic (exact) mass is 364 g/mol. The molecule has 2 nitrogen and oxygen atoms in total. The number of halogens is 4. The molecule has 0 aliphatic heterocycles. The van der Waals surface area contributed by atoms with Crippen molar-refractivity contribution in [3.8, 4) is 0 Å². The summed E-state index contributed by atoms with van der Waals surface area (Å²) < 4.78 is 38.5. The molecule has 7 heteroatoms. The number of nitrogens with two attached hydrogens (primary N) is 1. The van der Waals surface area contributed by atoms with Gasteiger partial charge in [0.15, 0.2) is 0 Å². The lowest BCUT2D eigenvalue weighted by molar-refractivity contribution is -0.138. The van der Waals surface area contributed by atoms with Crippen LogP contribution >= 0.6 is 27.3 Å². The second-order valence-electron chi connectivity index (χ2n) is 4.43. The standard InChI is InChI=1S/C13H12BrF3N2S/c1-7-6-20-12(19-7)5-11(18)8-2-3-10(14)9(4-8)13(15,16)17/h2-4,6,11H,5,18H2,1H3. The maximum atomic E-state index is 12.8. The maximum Gasteiger partial charge on any atom is 0.417 e. The van der Waals surface area contributed by atoms with E-state index in [2.05, 4.69) is 20.9 Å². The molecule has 2 aromatic rings. The molecule has 0 amide bonds. The molecule has 0 aliphatic carbocycles. The lowest BCUT2D eigenvalue weighted by Gasteiger charge is -2.15. The van der Waals surface area contributed by atoms with Crippen molar-refractivity contribution in [1.82, 2.24) is 4.98 Å². The predicted molar refractivity (Wildman–Crippen MR) is 76.6 cm³/mol. The molecule has 108 valence electrons. The molecule has 2 N–H and O–H groups in total. The molecule has 2 rings (SSSR count). The Hall–Kier alpha value is -0.920. The highest BCUT2D eigenvalue weighted by Crippen LogP contribution is 2.36. The van der Waals surface area contributed by atoms with E-state index >= 15 is 0 Å². The zero-order valence-electron chi connectivity index (χ0n) is 10.5. The molecule has 1 unspecified atom stereocenters. The van der Waals surface area contributed by atoms with Crippen molar-refractivity contribution in [2.45, 2.75) is 25.6 Å². The van der Waals surface area contributed by atoms with E-state index in [1.807, 2.05) is 12.3 Å². The summed E-state index contributed by atoms with van der Waals surface area (Å²) in [6.45, 7) is 1.87. The smallest absolute Gasteiger partial charge is 0.324 e. The summed E-state index contributed by atoms with van der Waals surface area (Å²) >= 11 is 4.38. The molecule has 1 heterocycles. The SMILES string of the molecule is Cc1csc(CC(N)c2ccc(Br)c(C(F)(F)F)c2)n1. The molecule has 1 aromatic heterocycles. The molecule has 0 saturated heterocycles. The summed E-state index contributed by atoms with van der Waals surface area (Å²) in [5.74, 6) is 0. The molecule has 1 aromatic carbocycles. The molecule has 20 heavy (non-hydrogen) atoms. The molecule has 0 radical (unpaired) electrons. The van der Waals surface area contributed by atoms with Gasteiger partial charge in [0, 0.05) is 28.0 Å². The van der Waals surface area contributed by atoms with Crippen LogP contribution in [0.3, 0.4) is 0 Å². The number of aryl methyl sites for hydroxylation is 1. The zero-order chi connectivity index (χ0) is 14.9. The van der Waals surface area contributed by atoms with Crippen molar-refractivity contribution in [3.05, 3.63) is 49.9 Å². The summed E-state index contributed by atoms with van der Waals surface area (Å²) in [5, 5.41) is 2.72. The first-order valence-corrected chi connectivity index (χ1v) is 7.48. The average molecular weight is 365 g/mol. The van der Waals surface area contributed by atoms with Crippen molar-refractivity contribution in [3.63, 3.8) is 0 Å². The second kappa shape index (κ2) is 5.83.